The Hall–Kier alpha value is -3.99. The van der Waals surface area contributed by atoms with Gasteiger partial charge in [0, 0.05) is 6.42 Å². The highest BCUT2D eigenvalue weighted by Gasteiger charge is 2.17. The fraction of sp³-hybridized carbons (Fsp3) is 0.534. The Labute approximate surface area is 382 Å². The molecule has 0 heterocycles. The van der Waals surface area contributed by atoms with E-state index in [2.05, 4.69) is 165 Å². The molecule has 0 spiro atoms. The first-order chi connectivity index (χ1) is 30.7. The van der Waals surface area contributed by atoms with Crippen molar-refractivity contribution in [1.29, 1.82) is 0 Å². The van der Waals surface area contributed by atoms with Crippen molar-refractivity contribution in [1.82, 2.24) is 5.32 Å². The van der Waals surface area contributed by atoms with Crippen LogP contribution in [0.25, 0.3) is 0 Å². The van der Waals surface area contributed by atoms with Gasteiger partial charge in [0.25, 0.3) is 0 Å². The Balaban J connectivity index is 3.77. The number of rotatable bonds is 42. The SMILES string of the molecule is CC/C=C\C/C=C\C/C=C\C/C=C\C/C=C\C/C=C\C/C=C\C/C=C\C/C=C\C/C=C\CCCCCCC(=O)NC(CO)C(O)/C=C/CC/C=C/CC/C=C/CCCCCCC. The fourth-order valence-corrected chi connectivity index (χ4v) is 6.23. The Morgan fingerprint density at radius 3 is 1.11 bits per heavy atom. The van der Waals surface area contributed by atoms with E-state index >= 15 is 0 Å². The number of unbranched alkanes of at least 4 members (excludes halogenated alkanes) is 11. The number of nitrogens with one attached hydrogen (secondary N) is 1. The quantitative estimate of drug-likeness (QED) is 0.0423. The van der Waals surface area contributed by atoms with Crippen molar-refractivity contribution in [3.05, 3.63) is 158 Å². The molecule has 0 saturated carbocycles. The van der Waals surface area contributed by atoms with Gasteiger partial charge in [-0.2, -0.15) is 0 Å². The largest absolute Gasteiger partial charge is 0.394 e. The molecule has 2 atom stereocenters. The number of amides is 1. The molecule has 346 valence electrons. The lowest BCUT2D eigenvalue weighted by atomic mass is 10.1. The van der Waals surface area contributed by atoms with Gasteiger partial charge >= 0.3 is 0 Å². The van der Waals surface area contributed by atoms with Crippen molar-refractivity contribution < 1.29 is 15.0 Å². The first kappa shape index (κ1) is 58.0. The minimum atomic E-state index is -0.892. The zero-order chi connectivity index (χ0) is 44.9. The number of aliphatic hydroxyl groups excluding tert-OH is 2. The second kappa shape index (κ2) is 51.4. The van der Waals surface area contributed by atoms with E-state index in [0.29, 0.717) is 6.42 Å². The molecule has 0 aliphatic carbocycles. The minimum Gasteiger partial charge on any atom is -0.394 e. The van der Waals surface area contributed by atoms with E-state index in [1.54, 1.807) is 6.08 Å². The van der Waals surface area contributed by atoms with Gasteiger partial charge in [-0.3, -0.25) is 4.79 Å². The molecule has 0 bridgehead atoms. The maximum Gasteiger partial charge on any atom is 0.220 e. The highest BCUT2D eigenvalue weighted by atomic mass is 16.3. The second-order valence-electron chi connectivity index (χ2n) is 15.8. The molecule has 1 amide bonds. The normalized spacial score (nSPS) is 14.3. The summed E-state index contributed by atoms with van der Waals surface area (Å²) in [5, 5.41) is 23.0. The third-order valence-electron chi connectivity index (χ3n) is 9.97. The number of carbonyl (C=O) groups is 1. The Bertz CT molecular complexity index is 1380. The van der Waals surface area contributed by atoms with Crippen LogP contribution >= 0.6 is 0 Å². The van der Waals surface area contributed by atoms with Crippen LogP contribution in [0.5, 0.6) is 0 Å². The van der Waals surface area contributed by atoms with E-state index in [9.17, 15) is 15.0 Å². The Morgan fingerprint density at radius 2 is 0.726 bits per heavy atom. The standard InChI is InChI=1S/C58H91NO3/c1-3-5-7-9-11-13-15-17-19-20-21-22-23-24-25-26-27-28-29-30-31-32-33-34-35-36-37-38-40-42-44-46-48-50-52-54-58(62)59-56(55-60)57(61)53-51-49-47-45-43-41-39-18-16-14-12-10-8-6-4-2/h5,7,11,13,16-19,21-22,24-25,27-28,30-31,33-34,36-37,40,42-43,45,51,53,56-57,60-61H,3-4,6,8-10,12,14-15,20,23,26,29,32,35,38-39,41,44,46-50,52,54-55H2,1-2H3,(H,59,62)/b7-5-,13-11-,18-16+,19-17-,22-21-,25-24-,28-27-,31-30-,34-33-,37-36-,42-40-,45-43+,53-51+. The lowest BCUT2D eigenvalue weighted by Gasteiger charge is -2.19. The number of carbonyl (C=O) groups excluding carboxylic acids is 1. The first-order valence-electron chi connectivity index (χ1n) is 24.7. The van der Waals surface area contributed by atoms with Gasteiger partial charge in [0.2, 0.25) is 5.91 Å². The molecule has 0 radical (unpaired) electrons. The average Bonchev–Trinajstić information content (AvgIpc) is 3.28. The zero-order valence-electron chi connectivity index (χ0n) is 39.6. The zero-order valence-corrected chi connectivity index (χ0v) is 39.6. The van der Waals surface area contributed by atoms with Crippen LogP contribution in [0, 0.1) is 0 Å². The number of hydrogen-bond acceptors (Lipinski definition) is 3. The van der Waals surface area contributed by atoms with Crippen molar-refractivity contribution in [2.24, 2.45) is 0 Å². The van der Waals surface area contributed by atoms with Gasteiger partial charge in [-0.1, -0.05) is 210 Å². The molecule has 0 aliphatic heterocycles. The summed E-state index contributed by atoms with van der Waals surface area (Å²) in [5.74, 6) is -0.111. The first-order valence-corrected chi connectivity index (χ1v) is 24.7. The number of aliphatic hydroxyl groups is 2. The fourth-order valence-electron chi connectivity index (χ4n) is 6.23. The summed E-state index contributed by atoms with van der Waals surface area (Å²) in [6, 6.07) is -0.671. The molecule has 0 saturated heterocycles. The van der Waals surface area contributed by atoms with Gasteiger partial charge < -0.3 is 15.5 Å². The molecule has 2 unspecified atom stereocenters. The molecule has 4 nitrogen and oxygen atoms in total. The third kappa shape index (κ3) is 47.1. The van der Waals surface area contributed by atoms with E-state index in [1.807, 2.05) is 6.08 Å². The summed E-state index contributed by atoms with van der Waals surface area (Å²) >= 11 is 0. The highest BCUT2D eigenvalue weighted by Crippen LogP contribution is 2.09. The molecule has 0 aromatic heterocycles. The van der Waals surface area contributed by atoms with Crippen LogP contribution in [0.3, 0.4) is 0 Å². The van der Waals surface area contributed by atoms with Crippen LogP contribution in [-0.4, -0.2) is 34.9 Å². The smallest absolute Gasteiger partial charge is 0.220 e. The predicted octanol–water partition coefficient (Wildman–Crippen LogP) is 16.2. The van der Waals surface area contributed by atoms with Crippen molar-refractivity contribution in [3.8, 4) is 0 Å². The summed E-state index contributed by atoms with van der Waals surface area (Å²) < 4.78 is 0. The van der Waals surface area contributed by atoms with E-state index in [-0.39, 0.29) is 12.5 Å². The molecule has 62 heavy (non-hydrogen) atoms. The van der Waals surface area contributed by atoms with Gasteiger partial charge in [0.05, 0.1) is 18.8 Å². The molecule has 0 aliphatic rings. The molecule has 0 aromatic carbocycles. The molecule has 0 rings (SSSR count). The topological polar surface area (TPSA) is 69.6 Å². The van der Waals surface area contributed by atoms with Gasteiger partial charge in [-0.25, -0.2) is 0 Å². The third-order valence-corrected chi connectivity index (χ3v) is 9.97. The summed E-state index contributed by atoms with van der Waals surface area (Å²) in [6.07, 6.45) is 83.6. The van der Waals surface area contributed by atoms with Gasteiger partial charge in [0.1, 0.15) is 0 Å². The summed E-state index contributed by atoms with van der Waals surface area (Å²) in [6.45, 7) is 4.13. The summed E-state index contributed by atoms with van der Waals surface area (Å²) in [5.41, 5.74) is 0. The molecular formula is C58H91NO3. The Morgan fingerprint density at radius 1 is 0.403 bits per heavy atom. The second-order valence-corrected chi connectivity index (χ2v) is 15.8. The molecule has 0 aromatic rings. The van der Waals surface area contributed by atoms with Crippen molar-refractivity contribution in [2.75, 3.05) is 6.61 Å². The van der Waals surface area contributed by atoms with Crippen LogP contribution in [0.15, 0.2) is 158 Å². The van der Waals surface area contributed by atoms with Crippen LogP contribution in [0.1, 0.15) is 181 Å². The summed E-state index contributed by atoms with van der Waals surface area (Å²) in [7, 11) is 0. The van der Waals surface area contributed by atoms with Crippen LogP contribution in [0.4, 0.5) is 0 Å². The highest BCUT2D eigenvalue weighted by molar-refractivity contribution is 5.76. The van der Waals surface area contributed by atoms with Crippen molar-refractivity contribution in [3.63, 3.8) is 0 Å². The van der Waals surface area contributed by atoms with E-state index in [4.69, 9.17) is 0 Å². The van der Waals surface area contributed by atoms with Gasteiger partial charge in [0.15, 0.2) is 0 Å². The number of hydrogen-bond donors (Lipinski definition) is 3. The van der Waals surface area contributed by atoms with Crippen LogP contribution < -0.4 is 5.32 Å². The lowest BCUT2D eigenvalue weighted by molar-refractivity contribution is -0.123. The van der Waals surface area contributed by atoms with E-state index in [0.717, 1.165) is 122 Å². The summed E-state index contributed by atoms with van der Waals surface area (Å²) in [4.78, 5) is 12.4. The maximum absolute atomic E-state index is 12.4. The lowest BCUT2D eigenvalue weighted by Crippen LogP contribution is -2.45. The molecule has 3 N–H and O–H groups in total. The average molecular weight is 850 g/mol. The Kier molecular flexibility index (Phi) is 48.1. The van der Waals surface area contributed by atoms with Crippen LogP contribution in [-0.2, 0) is 4.79 Å². The van der Waals surface area contributed by atoms with Crippen molar-refractivity contribution in [2.45, 2.75) is 193 Å². The number of allylic oxidation sites excluding steroid dienone is 25. The molecule has 0 fully saturated rings. The minimum absolute atomic E-state index is 0.111. The monoisotopic (exact) mass is 850 g/mol. The van der Waals surface area contributed by atoms with Gasteiger partial charge in [-0.05, 0) is 122 Å². The maximum atomic E-state index is 12.4. The molecule has 4 heteroatoms. The predicted molar refractivity (Wildman–Crippen MR) is 275 cm³/mol. The molecular weight excluding hydrogens is 759 g/mol. The van der Waals surface area contributed by atoms with Crippen molar-refractivity contribution >= 4 is 5.91 Å². The van der Waals surface area contributed by atoms with E-state index in [1.165, 1.54) is 38.5 Å². The van der Waals surface area contributed by atoms with Crippen LogP contribution in [0.2, 0.25) is 0 Å². The van der Waals surface area contributed by atoms with Gasteiger partial charge in [-0.15, -0.1) is 0 Å². The van der Waals surface area contributed by atoms with E-state index < -0.39 is 12.1 Å².